The third-order valence-corrected chi connectivity index (χ3v) is 3.91. The van der Waals surface area contributed by atoms with E-state index >= 15 is 0 Å². The van der Waals surface area contributed by atoms with E-state index in [9.17, 15) is 0 Å². The predicted octanol–water partition coefficient (Wildman–Crippen LogP) is 5.83. The van der Waals surface area contributed by atoms with Crippen molar-refractivity contribution in [3.8, 4) is 0 Å². The van der Waals surface area contributed by atoms with E-state index in [1.165, 1.54) is 25.7 Å². The Hall–Kier alpha value is -0.260. The van der Waals surface area contributed by atoms with Crippen molar-refractivity contribution in [2.24, 2.45) is 22.7 Å². The molecule has 0 saturated carbocycles. The third-order valence-electron chi connectivity index (χ3n) is 3.91. The second-order valence-electron chi connectivity index (χ2n) is 8.00. The molecule has 0 aromatic carbocycles. The molecule has 2 atom stereocenters. The van der Waals surface area contributed by atoms with Crippen molar-refractivity contribution in [2.75, 3.05) is 0 Å². The molecule has 0 nitrogen and oxygen atoms in total. The van der Waals surface area contributed by atoms with Crippen LogP contribution in [0.4, 0.5) is 0 Å². The van der Waals surface area contributed by atoms with E-state index in [2.05, 4.69) is 54.5 Å². The summed E-state index contributed by atoms with van der Waals surface area (Å²) in [7, 11) is 0. The highest BCUT2D eigenvalue weighted by Gasteiger charge is 2.38. The Labute approximate surface area is 109 Å². The van der Waals surface area contributed by atoms with Crippen LogP contribution in [0.15, 0.2) is 11.6 Å². The molecule has 0 radical (unpaired) electrons. The molecule has 0 aromatic rings. The number of rotatable bonds is 4. The highest BCUT2D eigenvalue weighted by molar-refractivity contribution is 5.15. The molecule has 0 aliphatic heterocycles. The van der Waals surface area contributed by atoms with Crippen LogP contribution in [0, 0.1) is 22.7 Å². The van der Waals surface area contributed by atoms with Gasteiger partial charge in [0, 0.05) is 0 Å². The number of hydrogen-bond acceptors (Lipinski definition) is 0. The Morgan fingerprint density at radius 1 is 1.06 bits per heavy atom. The summed E-state index contributed by atoms with van der Waals surface area (Å²) in [5.41, 5.74) is 2.57. The zero-order chi connectivity index (χ0) is 13.3. The van der Waals surface area contributed by atoms with Gasteiger partial charge in [-0.25, -0.2) is 0 Å². The summed E-state index contributed by atoms with van der Waals surface area (Å²) >= 11 is 0. The molecule has 1 aliphatic carbocycles. The third kappa shape index (κ3) is 4.48. The summed E-state index contributed by atoms with van der Waals surface area (Å²) in [4.78, 5) is 0. The molecule has 0 heterocycles. The van der Waals surface area contributed by atoms with Gasteiger partial charge in [-0.2, -0.15) is 0 Å². The van der Waals surface area contributed by atoms with E-state index in [0.29, 0.717) is 10.8 Å². The van der Waals surface area contributed by atoms with Crippen molar-refractivity contribution in [2.45, 2.75) is 74.1 Å². The molecular weight excluding hydrogens is 204 g/mol. The lowest BCUT2D eigenvalue weighted by Gasteiger charge is -2.44. The van der Waals surface area contributed by atoms with Gasteiger partial charge >= 0.3 is 0 Å². The summed E-state index contributed by atoms with van der Waals surface area (Å²) in [6, 6.07) is 0. The van der Waals surface area contributed by atoms with E-state index in [1.54, 1.807) is 5.57 Å². The van der Waals surface area contributed by atoms with Gasteiger partial charge in [-0.1, -0.05) is 53.2 Å². The molecule has 0 spiro atoms. The maximum absolute atomic E-state index is 2.56. The Balaban J connectivity index is 2.86. The SMILES string of the molecule is CC1=CC(C)(CC(C)C)CC(C)(CC(C)C)C1. The summed E-state index contributed by atoms with van der Waals surface area (Å²) < 4.78 is 0. The van der Waals surface area contributed by atoms with Gasteiger partial charge in [0.1, 0.15) is 0 Å². The molecule has 0 aromatic heterocycles. The quantitative estimate of drug-likeness (QED) is 0.539. The van der Waals surface area contributed by atoms with E-state index < -0.39 is 0 Å². The van der Waals surface area contributed by atoms with Gasteiger partial charge in [0.05, 0.1) is 0 Å². The standard InChI is InChI=1S/C17H32/c1-13(2)8-16(6)10-15(5)11-17(7,12-16)9-14(3)4/h10,13-14H,8-9,11-12H2,1-7H3. The maximum atomic E-state index is 2.56. The van der Waals surface area contributed by atoms with Crippen molar-refractivity contribution < 1.29 is 0 Å². The van der Waals surface area contributed by atoms with Crippen LogP contribution in [0.3, 0.4) is 0 Å². The zero-order valence-corrected chi connectivity index (χ0v) is 13.1. The predicted molar refractivity (Wildman–Crippen MR) is 78.1 cm³/mol. The Morgan fingerprint density at radius 3 is 2.06 bits per heavy atom. The Bertz CT molecular complexity index is 284. The molecule has 2 unspecified atom stereocenters. The van der Waals surface area contributed by atoms with E-state index in [4.69, 9.17) is 0 Å². The van der Waals surface area contributed by atoms with Gasteiger partial charge in [0.25, 0.3) is 0 Å². The van der Waals surface area contributed by atoms with Crippen molar-refractivity contribution in [1.82, 2.24) is 0 Å². The minimum Gasteiger partial charge on any atom is -0.0796 e. The van der Waals surface area contributed by atoms with Crippen LogP contribution < -0.4 is 0 Å². The second kappa shape index (κ2) is 5.16. The summed E-state index contributed by atoms with van der Waals surface area (Å²) in [6.45, 7) is 16.7. The van der Waals surface area contributed by atoms with Crippen LogP contribution >= 0.6 is 0 Å². The Morgan fingerprint density at radius 2 is 1.59 bits per heavy atom. The van der Waals surface area contributed by atoms with Gasteiger partial charge in [0.15, 0.2) is 0 Å². The van der Waals surface area contributed by atoms with Gasteiger partial charge in [-0.3, -0.25) is 0 Å². The molecule has 0 amide bonds. The normalized spacial score (nSPS) is 34.3. The lowest BCUT2D eigenvalue weighted by Crippen LogP contribution is -2.33. The average Bonchev–Trinajstić information content (AvgIpc) is 1.92. The first-order valence-corrected chi connectivity index (χ1v) is 7.32. The lowest BCUT2D eigenvalue weighted by atomic mass is 9.60. The first-order valence-electron chi connectivity index (χ1n) is 7.32. The smallest absolute Gasteiger partial charge is 0.0136 e. The fourth-order valence-corrected chi connectivity index (χ4v) is 4.60. The van der Waals surface area contributed by atoms with Gasteiger partial charge < -0.3 is 0 Å². The van der Waals surface area contributed by atoms with Crippen LogP contribution in [0.2, 0.25) is 0 Å². The van der Waals surface area contributed by atoms with Crippen LogP contribution in [0.1, 0.15) is 74.1 Å². The topological polar surface area (TPSA) is 0 Å². The summed E-state index contributed by atoms with van der Waals surface area (Å²) in [5, 5.41) is 0. The van der Waals surface area contributed by atoms with E-state index in [0.717, 1.165) is 11.8 Å². The molecule has 0 bridgehead atoms. The highest BCUT2D eigenvalue weighted by atomic mass is 14.4. The van der Waals surface area contributed by atoms with Crippen LogP contribution in [-0.2, 0) is 0 Å². The molecule has 1 rings (SSSR count). The molecule has 1 aliphatic rings. The second-order valence-corrected chi connectivity index (χ2v) is 8.00. The van der Waals surface area contributed by atoms with Crippen LogP contribution in [0.5, 0.6) is 0 Å². The van der Waals surface area contributed by atoms with Crippen molar-refractivity contribution in [3.05, 3.63) is 11.6 Å². The molecule has 100 valence electrons. The summed E-state index contributed by atoms with van der Waals surface area (Å²) in [6.07, 6.45) is 7.94. The fraction of sp³-hybridized carbons (Fsp3) is 0.882. The minimum atomic E-state index is 0.431. The number of hydrogen-bond donors (Lipinski definition) is 0. The first-order chi connectivity index (χ1) is 7.64. The lowest BCUT2D eigenvalue weighted by molar-refractivity contribution is 0.130. The number of allylic oxidation sites excluding steroid dienone is 2. The van der Waals surface area contributed by atoms with Gasteiger partial charge in [0.2, 0.25) is 0 Å². The van der Waals surface area contributed by atoms with E-state index in [-0.39, 0.29) is 0 Å². The molecule has 0 fully saturated rings. The fourth-order valence-electron chi connectivity index (χ4n) is 4.60. The zero-order valence-electron chi connectivity index (χ0n) is 13.1. The highest BCUT2D eigenvalue weighted by Crippen LogP contribution is 2.50. The van der Waals surface area contributed by atoms with Crippen molar-refractivity contribution in [3.63, 3.8) is 0 Å². The van der Waals surface area contributed by atoms with Crippen molar-refractivity contribution in [1.29, 1.82) is 0 Å². The maximum Gasteiger partial charge on any atom is -0.0136 e. The van der Waals surface area contributed by atoms with Crippen molar-refractivity contribution >= 4 is 0 Å². The monoisotopic (exact) mass is 236 g/mol. The Kier molecular flexibility index (Phi) is 4.49. The van der Waals surface area contributed by atoms with Gasteiger partial charge in [-0.15, -0.1) is 0 Å². The minimum absolute atomic E-state index is 0.431. The molecule has 0 saturated heterocycles. The van der Waals surface area contributed by atoms with Crippen LogP contribution in [-0.4, -0.2) is 0 Å². The average molecular weight is 236 g/mol. The molecule has 17 heavy (non-hydrogen) atoms. The summed E-state index contributed by atoms with van der Waals surface area (Å²) in [5.74, 6) is 1.61. The first kappa shape index (κ1) is 14.8. The van der Waals surface area contributed by atoms with Gasteiger partial charge in [-0.05, 0) is 55.3 Å². The molecule has 0 N–H and O–H groups in total. The molecular formula is C17H32. The largest absolute Gasteiger partial charge is 0.0796 e. The molecule has 0 heteroatoms. The van der Waals surface area contributed by atoms with Crippen LogP contribution in [0.25, 0.3) is 0 Å². The van der Waals surface area contributed by atoms with E-state index in [1.807, 2.05) is 0 Å².